The van der Waals surface area contributed by atoms with Crippen LogP contribution in [0.5, 0.6) is 0 Å². The summed E-state index contributed by atoms with van der Waals surface area (Å²) in [5, 5.41) is 5.69. The Kier molecular flexibility index (Phi) is 6.19. The largest absolute Gasteiger partial charge is 0.355 e. The summed E-state index contributed by atoms with van der Waals surface area (Å²) in [6.07, 6.45) is 8.65. The number of carbonyl (C=O) groups is 2. The van der Waals surface area contributed by atoms with Crippen LogP contribution in [0, 0.1) is 18.3 Å². The van der Waals surface area contributed by atoms with Gasteiger partial charge in [0.15, 0.2) is 0 Å². The standard InChI is InChI=1S/C18H24N4O2/c1-4-9-19-18(24)14-7-8-16(20-11-14)22-10-5-6-15(12-22)21-17(23)13(2)3/h1,7-8,11,13,15H,5-6,9-10,12H2,2-3H3,(H,19,24)(H,21,23). The Labute approximate surface area is 143 Å². The van der Waals surface area contributed by atoms with Crippen LogP contribution in [0.15, 0.2) is 18.3 Å². The topological polar surface area (TPSA) is 74.3 Å². The molecule has 1 atom stereocenters. The summed E-state index contributed by atoms with van der Waals surface area (Å²) in [5.41, 5.74) is 0.482. The minimum absolute atomic E-state index is 0.0145. The molecule has 128 valence electrons. The number of hydrogen-bond donors (Lipinski definition) is 2. The van der Waals surface area contributed by atoms with Crippen molar-refractivity contribution in [2.75, 3.05) is 24.5 Å². The van der Waals surface area contributed by atoms with Gasteiger partial charge in [-0.2, -0.15) is 0 Å². The molecule has 2 rings (SSSR count). The van der Waals surface area contributed by atoms with Crippen molar-refractivity contribution in [3.63, 3.8) is 0 Å². The molecule has 0 aliphatic carbocycles. The normalized spacial score (nSPS) is 17.2. The molecule has 1 aliphatic heterocycles. The molecule has 2 N–H and O–H groups in total. The van der Waals surface area contributed by atoms with Crippen LogP contribution in [-0.4, -0.2) is 42.5 Å². The van der Waals surface area contributed by atoms with Gasteiger partial charge < -0.3 is 15.5 Å². The van der Waals surface area contributed by atoms with Crippen molar-refractivity contribution >= 4 is 17.6 Å². The maximum Gasteiger partial charge on any atom is 0.253 e. The lowest BCUT2D eigenvalue weighted by atomic mass is 10.0. The number of piperidine rings is 1. The molecule has 1 aromatic rings. The molecule has 24 heavy (non-hydrogen) atoms. The second-order valence-corrected chi connectivity index (χ2v) is 6.24. The highest BCUT2D eigenvalue weighted by Crippen LogP contribution is 2.18. The molecule has 1 aliphatic rings. The zero-order valence-corrected chi connectivity index (χ0v) is 14.2. The van der Waals surface area contributed by atoms with E-state index in [1.165, 1.54) is 0 Å². The zero-order chi connectivity index (χ0) is 17.5. The Bertz CT molecular complexity index is 619. The molecule has 1 unspecified atom stereocenters. The maximum atomic E-state index is 11.9. The molecule has 0 bridgehead atoms. The van der Waals surface area contributed by atoms with Gasteiger partial charge in [0.1, 0.15) is 5.82 Å². The minimum Gasteiger partial charge on any atom is -0.355 e. The minimum atomic E-state index is -0.229. The van der Waals surface area contributed by atoms with Crippen LogP contribution in [0.1, 0.15) is 37.0 Å². The van der Waals surface area contributed by atoms with Crippen LogP contribution in [0.3, 0.4) is 0 Å². The first-order chi connectivity index (χ1) is 11.5. The molecule has 1 aromatic heterocycles. The van der Waals surface area contributed by atoms with Gasteiger partial charge in [-0.25, -0.2) is 4.98 Å². The number of carbonyl (C=O) groups excluding carboxylic acids is 2. The second kappa shape index (κ2) is 8.34. The van der Waals surface area contributed by atoms with Gasteiger partial charge in [-0.1, -0.05) is 19.8 Å². The maximum absolute atomic E-state index is 11.9. The lowest BCUT2D eigenvalue weighted by molar-refractivity contribution is -0.124. The molecule has 0 radical (unpaired) electrons. The molecule has 0 spiro atoms. The summed E-state index contributed by atoms with van der Waals surface area (Å²) in [5.74, 6) is 3.01. The van der Waals surface area contributed by atoms with Crippen LogP contribution in [0.2, 0.25) is 0 Å². The van der Waals surface area contributed by atoms with E-state index < -0.39 is 0 Å². The Hall–Kier alpha value is -2.55. The number of amides is 2. The van der Waals surface area contributed by atoms with E-state index in [-0.39, 0.29) is 30.3 Å². The van der Waals surface area contributed by atoms with Crippen LogP contribution in [0.25, 0.3) is 0 Å². The fraction of sp³-hybridized carbons (Fsp3) is 0.500. The lowest BCUT2D eigenvalue weighted by Crippen LogP contribution is -2.49. The molecule has 0 saturated carbocycles. The number of hydrogen-bond acceptors (Lipinski definition) is 4. The number of pyridine rings is 1. The number of terminal acetylenes is 1. The Balaban J connectivity index is 1.97. The highest BCUT2D eigenvalue weighted by atomic mass is 16.2. The highest BCUT2D eigenvalue weighted by molar-refractivity contribution is 5.94. The van der Waals surface area contributed by atoms with Crippen molar-refractivity contribution in [2.24, 2.45) is 5.92 Å². The van der Waals surface area contributed by atoms with Gasteiger partial charge in [0.2, 0.25) is 5.91 Å². The molecule has 6 heteroatoms. The van der Waals surface area contributed by atoms with E-state index in [9.17, 15) is 9.59 Å². The molecule has 1 saturated heterocycles. The first-order valence-corrected chi connectivity index (χ1v) is 8.24. The summed E-state index contributed by atoms with van der Waals surface area (Å²) in [6, 6.07) is 3.70. The lowest BCUT2D eigenvalue weighted by Gasteiger charge is -2.34. The van der Waals surface area contributed by atoms with Crippen LogP contribution in [-0.2, 0) is 4.79 Å². The quantitative estimate of drug-likeness (QED) is 0.796. The average molecular weight is 328 g/mol. The summed E-state index contributed by atoms with van der Waals surface area (Å²) in [4.78, 5) is 30.2. The van der Waals surface area contributed by atoms with Gasteiger partial charge >= 0.3 is 0 Å². The van der Waals surface area contributed by atoms with Crippen molar-refractivity contribution in [1.29, 1.82) is 0 Å². The number of aromatic nitrogens is 1. The van der Waals surface area contributed by atoms with Crippen LogP contribution >= 0.6 is 0 Å². The van der Waals surface area contributed by atoms with E-state index >= 15 is 0 Å². The van der Waals surface area contributed by atoms with Crippen LogP contribution in [0.4, 0.5) is 5.82 Å². The summed E-state index contributed by atoms with van der Waals surface area (Å²) < 4.78 is 0. The predicted molar refractivity (Wildman–Crippen MR) is 93.6 cm³/mol. The first kappa shape index (κ1) is 17.8. The van der Waals surface area contributed by atoms with Crippen molar-refractivity contribution in [1.82, 2.24) is 15.6 Å². The van der Waals surface area contributed by atoms with E-state index in [0.29, 0.717) is 5.56 Å². The smallest absolute Gasteiger partial charge is 0.253 e. The van der Waals surface area contributed by atoms with Crippen molar-refractivity contribution in [2.45, 2.75) is 32.7 Å². The highest BCUT2D eigenvalue weighted by Gasteiger charge is 2.23. The van der Waals surface area contributed by atoms with Gasteiger partial charge in [0.05, 0.1) is 12.1 Å². The van der Waals surface area contributed by atoms with E-state index in [1.54, 1.807) is 12.3 Å². The molecular formula is C18H24N4O2. The van der Waals surface area contributed by atoms with Gasteiger partial charge in [-0.3, -0.25) is 9.59 Å². The third-order valence-electron chi connectivity index (χ3n) is 3.98. The number of nitrogens with zero attached hydrogens (tertiary/aromatic N) is 2. The van der Waals surface area contributed by atoms with Gasteiger partial charge in [0.25, 0.3) is 5.91 Å². The Morgan fingerprint density at radius 3 is 2.88 bits per heavy atom. The van der Waals surface area contributed by atoms with E-state index in [1.807, 2.05) is 19.9 Å². The number of rotatable bonds is 5. The molecule has 1 fully saturated rings. The SMILES string of the molecule is C#CCNC(=O)c1ccc(N2CCCC(NC(=O)C(C)C)C2)nc1. The molecular weight excluding hydrogens is 304 g/mol. The zero-order valence-electron chi connectivity index (χ0n) is 14.2. The average Bonchev–Trinajstić information content (AvgIpc) is 2.60. The van der Waals surface area contributed by atoms with E-state index in [2.05, 4.69) is 26.4 Å². The summed E-state index contributed by atoms with van der Waals surface area (Å²) >= 11 is 0. The monoisotopic (exact) mass is 328 g/mol. The Morgan fingerprint density at radius 2 is 2.25 bits per heavy atom. The summed E-state index contributed by atoms with van der Waals surface area (Å²) in [7, 11) is 0. The van der Waals surface area contributed by atoms with Gasteiger partial charge in [0, 0.05) is 31.2 Å². The van der Waals surface area contributed by atoms with Crippen LogP contribution < -0.4 is 15.5 Å². The fourth-order valence-electron chi connectivity index (χ4n) is 2.61. The molecule has 2 heterocycles. The van der Waals surface area contributed by atoms with E-state index in [0.717, 1.165) is 31.7 Å². The molecule has 0 aromatic carbocycles. The van der Waals surface area contributed by atoms with E-state index in [4.69, 9.17) is 6.42 Å². The van der Waals surface area contributed by atoms with Gasteiger partial charge in [-0.15, -0.1) is 6.42 Å². The number of anilines is 1. The first-order valence-electron chi connectivity index (χ1n) is 8.24. The fourth-order valence-corrected chi connectivity index (χ4v) is 2.61. The third-order valence-corrected chi connectivity index (χ3v) is 3.98. The molecule has 6 nitrogen and oxygen atoms in total. The van der Waals surface area contributed by atoms with Gasteiger partial charge in [-0.05, 0) is 25.0 Å². The van der Waals surface area contributed by atoms with Crippen molar-refractivity contribution < 1.29 is 9.59 Å². The predicted octanol–water partition coefficient (Wildman–Crippen LogP) is 1.19. The van der Waals surface area contributed by atoms with Crippen molar-refractivity contribution in [3.05, 3.63) is 23.9 Å². The Morgan fingerprint density at radius 1 is 1.46 bits per heavy atom. The van der Waals surface area contributed by atoms with Crippen molar-refractivity contribution in [3.8, 4) is 12.3 Å². The second-order valence-electron chi connectivity index (χ2n) is 6.24. The molecule has 2 amide bonds. The third kappa shape index (κ3) is 4.72. The summed E-state index contributed by atoms with van der Waals surface area (Å²) in [6.45, 7) is 5.60. The number of nitrogens with one attached hydrogen (secondary N) is 2.